The van der Waals surface area contributed by atoms with E-state index < -0.39 is 22.3 Å². The Kier molecular flexibility index (Phi) is 4.16. The number of nitro groups is 1. The summed E-state index contributed by atoms with van der Waals surface area (Å²) in [6.45, 7) is -0.278. The van der Waals surface area contributed by atoms with Crippen LogP contribution in [0.2, 0.25) is 0 Å². The number of hydrogen-bond donors (Lipinski definition) is 2. The van der Waals surface area contributed by atoms with Crippen molar-refractivity contribution in [3.63, 3.8) is 0 Å². The van der Waals surface area contributed by atoms with Gasteiger partial charge in [0, 0.05) is 13.6 Å². The summed E-state index contributed by atoms with van der Waals surface area (Å²) < 4.78 is 13.1. The average molecular weight is 257 g/mol. The maximum atomic E-state index is 13.1. The van der Waals surface area contributed by atoms with Gasteiger partial charge in [-0.2, -0.15) is 0 Å². The van der Waals surface area contributed by atoms with Crippen LogP contribution in [-0.4, -0.2) is 41.0 Å². The molecule has 0 fully saturated rings. The number of nitrogens with zero attached hydrogens (tertiary/aromatic N) is 2. The van der Waals surface area contributed by atoms with E-state index in [0.717, 1.165) is 11.0 Å². The highest BCUT2D eigenvalue weighted by molar-refractivity contribution is 5.99. The number of carbonyl (C=O) groups is 1. The lowest BCUT2D eigenvalue weighted by atomic mass is 10.1. The van der Waals surface area contributed by atoms with Crippen LogP contribution in [0.5, 0.6) is 0 Å². The van der Waals surface area contributed by atoms with Gasteiger partial charge in [0.1, 0.15) is 5.56 Å². The number of nitrogens with two attached hydrogens (primary N) is 1. The van der Waals surface area contributed by atoms with Gasteiger partial charge in [-0.3, -0.25) is 14.9 Å². The largest absolute Gasteiger partial charge is 0.396 e. The summed E-state index contributed by atoms with van der Waals surface area (Å²) >= 11 is 0. The van der Waals surface area contributed by atoms with Crippen molar-refractivity contribution in [1.29, 1.82) is 0 Å². The molecule has 0 saturated heterocycles. The lowest BCUT2D eigenvalue weighted by molar-refractivity contribution is -0.385. The summed E-state index contributed by atoms with van der Waals surface area (Å²) in [5, 5.41) is 19.4. The van der Waals surface area contributed by atoms with Gasteiger partial charge >= 0.3 is 0 Å². The van der Waals surface area contributed by atoms with Crippen LogP contribution in [0.1, 0.15) is 10.4 Å². The van der Waals surface area contributed by atoms with E-state index in [-0.39, 0.29) is 24.4 Å². The number of hydrogen-bond acceptors (Lipinski definition) is 5. The highest BCUT2D eigenvalue weighted by atomic mass is 19.1. The number of amides is 1. The molecule has 1 aromatic carbocycles. The molecular weight excluding hydrogens is 245 g/mol. The third kappa shape index (κ3) is 2.72. The molecule has 18 heavy (non-hydrogen) atoms. The van der Waals surface area contributed by atoms with E-state index in [1.165, 1.54) is 7.05 Å². The smallest absolute Gasteiger partial charge is 0.285 e. The zero-order chi connectivity index (χ0) is 13.9. The van der Waals surface area contributed by atoms with Crippen molar-refractivity contribution in [1.82, 2.24) is 4.90 Å². The van der Waals surface area contributed by atoms with Crippen LogP contribution in [0.4, 0.5) is 15.8 Å². The molecule has 1 rings (SSSR count). The number of anilines is 1. The van der Waals surface area contributed by atoms with E-state index in [1.54, 1.807) is 0 Å². The standard InChI is InChI=1S/C10H12FN3O4/c1-13(2-3-15)10(16)6-4-8(12)7(11)5-9(6)14(17)18/h4-5,15H,2-3,12H2,1H3. The monoisotopic (exact) mass is 257 g/mol. The number of halogens is 1. The molecule has 1 aromatic rings. The summed E-state index contributed by atoms with van der Waals surface area (Å²) in [7, 11) is 1.36. The Bertz CT molecular complexity index is 492. The molecule has 0 aliphatic heterocycles. The Morgan fingerprint density at radius 3 is 2.72 bits per heavy atom. The van der Waals surface area contributed by atoms with Crippen molar-refractivity contribution in [2.24, 2.45) is 0 Å². The van der Waals surface area contributed by atoms with Crippen molar-refractivity contribution in [2.45, 2.75) is 0 Å². The van der Waals surface area contributed by atoms with Crippen LogP contribution < -0.4 is 5.73 Å². The number of carbonyl (C=O) groups excluding carboxylic acids is 1. The highest BCUT2D eigenvalue weighted by Crippen LogP contribution is 2.25. The van der Waals surface area contributed by atoms with Crippen LogP contribution in [0, 0.1) is 15.9 Å². The highest BCUT2D eigenvalue weighted by Gasteiger charge is 2.25. The van der Waals surface area contributed by atoms with Gasteiger partial charge < -0.3 is 15.7 Å². The molecular formula is C10H12FN3O4. The summed E-state index contributed by atoms with van der Waals surface area (Å²) in [5.74, 6) is -1.66. The van der Waals surface area contributed by atoms with E-state index >= 15 is 0 Å². The molecule has 0 bridgehead atoms. The Labute approximate surface area is 102 Å². The molecule has 0 aliphatic rings. The molecule has 0 aromatic heterocycles. The molecule has 0 heterocycles. The minimum Gasteiger partial charge on any atom is -0.396 e. The summed E-state index contributed by atoms with van der Waals surface area (Å²) in [6.07, 6.45) is 0. The number of nitrogen functional groups attached to an aromatic ring is 1. The quantitative estimate of drug-likeness (QED) is 0.460. The van der Waals surface area contributed by atoms with Crippen LogP contribution >= 0.6 is 0 Å². The zero-order valence-electron chi connectivity index (χ0n) is 9.59. The van der Waals surface area contributed by atoms with Crippen LogP contribution in [0.25, 0.3) is 0 Å². The van der Waals surface area contributed by atoms with E-state index in [2.05, 4.69) is 0 Å². The van der Waals surface area contributed by atoms with E-state index in [4.69, 9.17) is 10.8 Å². The second-order valence-electron chi connectivity index (χ2n) is 3.60. The number of benzene rings is 1. The van der Waals surface area contributed by atoms with Gasteiger partial charge in [-0.1, -0.05) is 0 Å². The number of aliphatic hydroxyl groups is 1. The maximum Gasteiger partial charge on any atom is 0.285 e. The Morgan fingerprint density at radius 2 is 2.22 bits per heavy atom. The fraction of sp³-hybridized carbons (Fsp3) is 0.300. The summed E-state index contributed by atoms with van der Waals surface area (Å²) in [6, 6.07) is 1.53. The molecule has 0 atom stereocenters. The molecule has 0 saturated carbocycles. The predicted octanol–water partition coefficient (Wildman–Crippen LogP) is 0.380. The Hall–Kier alpha value is -2.22. The fourth-order valence-electron chi connectivity index (χ4n) is 1.36. The molecule has 0 spiro atoms. The van der Waals surface area contributed by atoms with Gasteiger partial charge in [0.2, 0.25) is 0 Å². The lowest BCUT2D eigenvalue weighted by Gasteiger charge is -2.15. The topological polar surface area (TPSA) is 110 Å². The van der Waals surface area contributed by atoms with Gasteiger partial charge in [-0.25, -0.2) is 4.39 Å². The van der Waals surface area contributed by atoms with Crippen molar-refractivity contribution in [3.05, 3.63) is 33.6 Å². The second-order valence-corrected chi connectivity index (χ2v) is 3.60. The van der Waals surface area contributed by atoms with Crippen molar-refractivity contribution < 1.29 is 19.2 Å². The average Bonchev–Trinajstić information content (AvgIpc) is 2.31. The normalized spacial score (nSPS) is 10.2. The minimum atomic E-state index is -0.955. The first-order valence-electron chi connectivity index (χ1n) is 4.98. The number of aliphatic hydroxyl groups excluding tert-OH is 1. The third-order valence-corrected chi connectivity index (χ3v) is 2.32. The predicted molar refractivity (Wildman–Crippen MR) is 61.5 cm³/mol. The number of rotatable bonds is 4. The van der Waals surface area contributed by atoms with Gasteiger partial charge in [0.05, 0.1) is 23.3 Å². The molecule has 1 amide bonds. The van der Waals surface area contributed by atoms with Gasteiger partial charge in [-0.15, -0.1) is 0 Å². The van der Waals surface area contributed by atoms with Gasteiger partial charge in [0.25, 0.3) is 11.6 Å². The molecule has 7 nitrogen and oxygen atoms in total. The van der Waals surface area contributed by atoms with Crippen LogP contribution in [-0.2, 0) is 0 Å². The fourth-order valence-corrected chi connectivity index (χ4v) is 1.36. The molecule has 0 aliphatic carbocycles. The van der Waals surface area contributed by atoms with E-state index in [1.807, 2.05) is 0 Å². The lowest BCUT2D eigenvalue weighted by Crippen LogP contribution is -2.30. The SMILES string of the molecule is CN(CCO)C(=O)c1cc(N)c(F)cc1[N+](=O)[O-]. The number of nitro benzene ring substituents is 1. The Morgan fingerprint density at radius 1 is 1.61 bits per heavy atom. The van der Waals surface area contributed by atoms with Crippen molar-refractivity contribution >= 4 is 17.3 Å². The van der Waals surface area contributed by atoms with E-state index in [9.17, 15) is 19.3 Å². The van der Waals surface area contributed by atoms with Crippen LogP contribution in [0.15, 0.2) is 12.1 Å². The molecule has 98 valence electrons. The first-order valence-corrected chi connectivity index (χ1v) is 4.98. The van der Waals surface area contributed by atoms with E-state index in [0.29, 0.717) is 6.07 Å². The summed E-state index contributed by atoms with van der Waals surface area (Å²) in [5.41, 5.74) is 3.97. The Balaban J connectivity index is 3.26. The molecule has 3 N–H and O–H groups in total. The third-order valence-electron chi connectivity index (χ3n) is 2.32. The van der Waals surface area contributed by atoms with Gasteiger partial charge in [0.15, 0.2) is 5.82 Å². The molecule has 0 radical (unpaired) electrons. The zero-order valence-corrected chi connectivity index (χ0v) is 9.59. The molecule has 0 unspecified atom stereocenters. The maximum absolute atomic E-state index is 13.1. The first kappa shape index (κ1) is 13.8. The minimum absolute atomic E-state index is 0.00721. The van der Waals surface area contributed by atoms with Gasteiger partial charge in [-0.05, 0) is 6.07 Å². The van der Waals surface area contributed by atoms with Crippen molar-refractivity contribution in [2.75, 3.05) is 25.9 Å². The second kappa shape index (κ2) is 5.41. The molecule has 8 heteroatoms. The first-order chi connectivity index (χ1) is 8.38. The van der Waals surface area contributed by atoms with Crippen LogP contribution in [0.3, 0.4) is 0 Å². The summed E-state index contributed by atoms with van der Waals surface area (Å²) in [4.78, 5) is 22.8. The van der Waals surface area contributed by atoms with Crippen molar-refractivity contribution in [3.8, 4) is 0 Å². The number of likely N-dealkylation sites (N-methyl/N-ethyl adjacent to an activating group) is 1.